The van der Waals surface area contributed by atoms with E-state index in [1.54, 1.807) is 35.4 Å². The lowest BCUT2D eigenvalue weighted by Crippen LogP contribution is -2.43. The van der Waals surface area contributed by atoms with Crippen LogP contribution >= 0.6 is 11.6 Å². The SMILES string of the molecule is CC(c1cncc(N2C[C@H]3C[C@H]3C2=O)c1)n1cc(C(=O)NC2CC(c3cc(Cl)ccc3C#N)C2)nn1. The zero-order valence-corrected chi connectivity index (χ0v) is 20.4. The van der Waals surface area contributed by atoms with Crippen LogP contribution in [0, 0.1) is 23.2 Å². The van der Waals surface area contributed by atoms with Gasteiger partial charge in [-0.1, -0.05) is 16.8 Å². The molecule has 1 N–H and O–H groups in total. The number of carbonyl (C=O) groups excluding carboxylic acids is 2. The molecule has 2 saturated carbocycles. The van der Waals surface area contributed by atoms with Crippen LogP contribution in [0.1, 0.15) is 65.3 Å². The highest BCUT2D eigenvalue weighted by Crippen LogP contribution is 2.47. The van der Waals surface area contributed by atoms with Gasteiger partial charge in [-0.3, -0.25) is 14.6 Å². The van der Waals surface area contributed by atoms with Crippen molar-refractivity contribution in [2.45, 2.75) is 44.2 Å². The van der Waals surface area contributed by atoms with E-state index in [2.05, 4.69) is 26.7 Å². The Morgan fingerprint density at radius 2 is 2.08 bits per heavy atom. The molecule has 9 nitrogen and oxygen atoms in total. The number of nitriles is 1. The van der Waals surface area contributed by atoms with Crippen molar-refractivity contribution in [3.63, 3.8) is 0 Å². The fourth-order valence-electron chi connectivity index (χ4n) is 5.28. The van der Waals surface area contributed by atoms with E-state index in [1.807, 2.05) is 24.0 Å². The number of carbonyl (C=O) groups is 2. The van der Waals surface area contributed by atoms with Gasteiger partial charge in [0.2, 0.25) is 5.91 Å². The van der Waals surface area contributed by atoms with E-state index in [-0.39, 0.29) is 41.4 Å². The molecule has 0 radical (unpaired) electrons. The van der Waals surface area contributed by atoms with Crippen LogP contribution in [0.2, 0.25) is 5.02 Å². The summed E-state index contributed by atoms with van der Waals surface area (Å²) in [5.41, 5.74) is 3.47. The second-order valence-electron chi connectivity index (χ2n) is 9.97. The minimum Gasteiger partial charge on any atom is -0.348 e. The van der Waals surface area contributed by atoms with E-state index in [9.17, 15) is 14.9 Å². The molecule has 2 amide bonds. The van der Waals surface area contributed by atoms with E-state index < -0.39 is 0 Å². The number of piperidine rings is 1. The molecule has 0 bridgehead atoms. The highest BCUT2D eigenvalue weighted by atomic mass is 35.5. The van der Waals surface area contributed by atoms with E-state index in [1.165, 1.54) is 0 Å². The van der Waals surface area contributed by atoms with Crippen LogP contribution in [0.4, 0.5) is 5.69 Å². The molecule has 1 unspecified atom stereocenters. The number of fused-ring (bicyclic) bond motifs is 1. The van der Waals surface area contributed by atoms with Crippen molar-refractivity contribution in [3.8, 4) is 6.07 Å². The Hall–Kier alpha value is -3.77. The molecule has 182 valence electrons. The number of anilines is 1. The molecule has 0 spiro atoms. The van der Waals surface area contributed by atoms with Gasteiger partial charge >= 0.3 is 0 Å². The predicted octanol–water partition coefficient (Wildman–Crippen LogP) is 3.47. The summed E-state index contributed by atoms with van der Waals surface area (Å²) >= 11 is 6.11. The van der Waals surface area contributed by atoms with Crippen LogP contribution in [-0.2, 0) is 4.79 Å². The molecule has 1 aromatic carbocycles. The van der Waals surface area contributed by atoms with Crippen LogP contribution in [0.25, 0.3) is 0 Å². The molecule has 2 aromatic heterocycles. The average Bonchev–Trinajstić information content (AvgIpc) is 3.32. The second kappa shape index (κ2) is 8.71. The fraction of sp³-hybridized carbons (Fsp3) is 0.385. The molecular weight excluding hydrogens is 478 g/mol. The molecule has 2 aliphatic carbocycles. The van der Waals surface area contributed by atoms with Gasteiger partial charge in [0.05, 0.1) is 35.8 Å². The van der Waals surface area contributed by atoms with Crippen LogP contribution in [0.5, 0.6) is 0 Å². The van der Waals surface area contributed by atoms with Crippen molar-refractivity contribution in [1.29, 1.82) is 5.26 Å². The smallest absolute Gasteiger partial charge is 0.273 e. The number of hydrogen-bond acceptors (Lipinski definition) is 6. The number of rotatable bonds is 6. The number of halogens is 1. The molecule has 10 heteroatoms. The molecule has 3 heterocycles. The number of amides is 2. The molecule has 3 fully saturated rings. The van der Waals surface area contributed by atoms with Crippen molar-refractivity contribution >= 4 is 29.1 Å². The summed E-state index contributed by atoms with van der Waals surface area (Å²) in [5, 5.41) is 21.2. The van der Waals surface area contributed by atoms with Gasteiger partial charge < -0.3 is 10.2 Å². The highest BCUT2D eigenvalue weighted by Gasteiger charge is 2.52. The maximum Gasteiger partial charge on any atom is 0.273 e. The van der Waals surface area contributed by atoms with Crippen LogP contribution in [0.15, 0.2) is 42.9 Å². The first-order valence-corrected chi connectivity index (χ1v) is 12.5. The van der Waals surface area contributed by atoms with Crippen molar-refractivity contribution in [2.75, 3.05) is 11.4 Å². The first-order chi connectivity index (χ1) is 17.4. The maximum absolute atomic E-state index is 12.8. The monoisotopic (exact) mass is 501 g/mol. The van der Waals surface area contributed by atoms with Gasteiger partial charge in [0.1, 0.15) is 0 Å². The lowest BCUT2D eigenvalue weighted by molar-refractivity contribution is -0.118. The van der Waals surface area contributed by atoms with Gasteiger partial charge in [-0.05, 0) is 73.4 Å². The van der Waals surface area contributed by atoms with Gasteiger partial charge in [0.15, 0.2) is 5.69 Å². The Labute approximate surface area is 213 Å². The summed E-state index contributed by atoms with van der Waals surface area (Å²) in [4.78, 5) is 31.4. The van der Waals surface area contributed by atoms with Crippen LogP contribution in [-0.4, -0.2) is 44.4 Å². The van der Waals surface area contributed by atoms with Crippen molar-refractivity contribution in [1.82, 2.24) is 25.3 Å². The Kier molecular flexibility index (Phi) is 5.49. The molecular formula is C26H24ClN7O2. The summed E-state index contributed by atoms with van der Waals surface area (Å²) in [5.74, 6) is 0.764. The number of nitrogens with zero attached hydrogens (tertiary/aromatic N) is 6. The minimum absolute atomic E-state index is 0.000638. The molecule has 1 saturated heterocycles. The number of hydrogen-bond donors (Lipinski definition) is 1. The van der Waals surface area contributed by atoms with E-state index >= 15 is 0 Å². The quantitative estimate of drug-likeness (QED) is 0.552. The third kappa shape index (κ3) is 4.01. The Morgan fingerprint density at radius 3 is 2.83 bits per heavy atom. The minimum atomic E-state index is -0.280. The number of nitrogens with one attached hydrogen (secondary N) is 1. The molecule has 3 aliphatic rings. The molecule has 3 atom stereocenters. The zero-order chi connectivity index (χ0) is 25.0. The summed E-state index contributed by atoms with van der Waals surface area (Å²) in [6, 6.07) is 9.25. The summed E-state index contributed by atoms with van der Waals surface area (Å²) in [6.45, 7) is 2.71. The van der Waals surface area contributed by atoms with Crippen molar-refractivity contribution in [3.05, 3.63) is 70.3 Å². The standard InChI is InChI=1S/C26H24ClN7O2/c1-14(17-6-21(11-29-10-17)33-12-18-7-23(18)26(33)36)34-13-24(31-32-34)25(35)30-20-4-16(5-20)22-8-19(27)3-2-15(22)9-28/h2-3,6,8,10-11,13-14,16,18,20,23H,4-5,7,12H2,1H3,(H,30,35)/t14?,16?,18-,20?,23-/m1/s1. The lowest BCUT2D eigenvalue weighted by atomic mass is 9.74. The summed E-state index contributed by atoms with van der Waals surface area (Å²) in [7, 11) is 0. The molecule has 3 aromatic rings. The van der Waals surface area contributed by atoms with Gasteiger partial charge in [-0.25, -0.2) is 4.68 Å². The largest absolute Gasteiger partial charge is 0.348 e. The van der Waals surface area contributed by atoms with E-state index in [0.717, 1.165) is 42.6 Å². The Morgan fingerprint density at radius 1 is 1.25 bits per heavy atom. The lowest BCUT2D eigenvalue weighted by Gasteiger charge is -2.36. The van der Waals surface area contributed by atoms with Crippen LogP contribution in [0.3, 0.4) is 0 Å². The molecule has 1 aliphatic heterocycles. The van der Waals surface area contributed by atoms with Crippen molar-refractivity contribution in [2.24, 2.45) is 11.8 Å². The number of aromatic nitrogens is 4. The second-order valence-corrected chi connectivity index (χ2v) is 10.4. The third-order valence-electron chi connectivity index (χ3n) is 7.65. The van der Waals surface area contributed by atoms with Gasteiger partial charge in [-0.15, -0.1) is 5.10 Å². The van der Waals surface area contributed by atoms with Gasteiger partial charge in [0, 0.05) is 29.7 Å². The predicted molar refractivity (Wildman–Crippen MR) is 131 cm³/mol. The number of benzene rings is 1. The van der Waals surface area contributed by atoms with Gasteiger partial charge in [0.25, 0.3) is 5.91 Å². The Balaban J connectivity index is 1.08. The summed E-state index contributed by atoms with van der Waals surface area (Å²) in [6.07, 6.45) is 7.57. The topological polar surface area (TPSA) is 117 Å². The average molecular weight is 502 g/mol. The zero-order valence-electron chi connectivity index (χ0n) is 19.6. The van der Waals surface area contributed by atoms with Crippen molar-refractivity contribution < 1.29 is 9.59 Å². The van der Waals surface area contributed by atoms with E-state index in [4.69, 9.17) is 11.6 Å². The van der Waals surface area contributed by atoms with E-state index in [0.29, 0.717) is 16.5 Å². The molecule has 36 heavy (non-hydrogen) atoms. The number of pyridine rings is 1. The first kappa shape index (κ1) is 22.7. The fourth-order valence-corrected chi connectivity index (χ4v) is 5.46. The third-order valence-corrected chi connectivity index (χ3v) is 7.88. The maximum atomic E-state index is 12.8. The normalized spacial score (nSPS) is 25.0. The van der Waals surface area contributed by atoms with Gasteiger partial charge in [-0.2, -0.15) is 5.26 Å². The molecule has 6 rings (SSSR count). The first-order valence-electron chi connectivity index (χ1n) is 12.1. The summed E-state index contributed by atoms with van der Waals surface area (Å²) < 4.78 is 1.63. The Bertz CT molecular complexity index is 1410. The highest BCUT2D eigenvalue weighted by molar-refractivity contribution is 6.30. The van der Waals surface area contributed by atoms with Crippen LogP contribution < -0.4 is 10.2 Å².